The molecule has 0 atom stereocenters. The lowest BCUT2D eigenvalue weighted by Gasteiger charge is -2.00. The van der Waals surface area contributed by atoms with Crippen molar-refractivity contribution in [1.29, 1.82) is 0 Å². The second-order valence-electron chi connectivity index (χ2n) is 3.05. The first kappa shape index (κ1) is 11.0. The molecule has 0 aliphatic carbocycles. The predicted molar refractivity (Wildman–Crippen MR) is 65.7 cm³/mol. The van der Waals surface area contributed by atoms with Crippen molar-refractivity contribution in [1.82, 2.24) is 0 Å². The lowest BCUT2D eigenvalue weighted by atomic mass is 10.1. The van der Waals surface area contributed by atoms with Gasteiger partial charge in [-0.1, -0.05) is 35.3 Å². The van der Waals surface area contributed by atoms with Crippen molar-refractivity contribution < 1.29 is 5.11 Å². The molecule has 2 aromatic rings. The van der Waals surface area contributed by atoms with E-state index in [1.54, 1.807) is 0 Å². The van der Waals surface area contributed by atoms with Crippen molar-refractivity contribution in [3.63, 3.8) is 0 Å². The van der Waals surface area contributed by atoms with E-state index in [1.165, 1.54) is 11.3 Å². The molecule has 1 nitrogen and oxygen atoms in total. The Morgan fingerprint density at radius 1 is 1.13 bits per heavy atom. The summed E-state index contributed by atoms with van der Waals surface area (Å²) in [6.45, 7) is 0.00927. The second-order valence-corrected chi connectivity index (χ2v) is 5.26. The summed E-state index contributed by atoms with van der Waals surface area (Å²) < 4.78 is 0.684. The molecule has 0 aliphatic heterocycles. The highest BCUT2D eigenvalue weighted by Gasteiger charge is 2.08. The van der Waals surface area contributed by atoms with Crippen LogP contribution in [-0.4, -0.2) is 5.11 Å². The van der Waals surface area contributed by atoms with Gasteiger partial charge in [0.25, 0.3) is 0 Å². The zero-order valence-electron chi connectivity index (χ0n) is 7.71. The van der Waals surface area contributed by atoms with E-state index in [0.717, 1.165) is 16.0 Å². The van der Waals surface area contributed by atoms with Gasteiger partial charge in [-0.25, -0.2) is 0 Å². The SMILES string of the molecule is OCc1sc(Cl)cc1-c1ccc(Cl)cc1. The first-order chi connectivity index (χ1) is 7.20. The molecular weight excluding hydrogens is 251 g/mol. The van der Waals surface area contributed by atoms with Gasteiger partial charge in [0, 0.05) is 9.90 Å². The molecule has 0 unspecified atom stereocenters. The molecule has 0 radical (unpaired) electrons. The van der Waals surface area contributed by atoms with Gasteiger partial charge in [-0.2, -0.15) is 0 Å². The molecule has 78 valence electrons. The first-order valence-electron chi connectivity index (χ1n) is 4.35. The third-order valence-corrected chi connectivity index (χ3v) is 3.58. The van der Waals surface area contributed by atoms with E-state index < -0.39 is 0 Å². The van der Waals surface area contributed by atoms with Crippen LogP contribution in [0.3, 0.4) is 0 Å². The van der Waals surface area contributed by atoms with E-state index in [9.17, 15) is 5.11 Å². The molecule has 1 N–H and O–H groups in total. The van der Waals surface area contributed by atoms with E-state index >= 15 is 0 Å². The quantitative estimate of drug-likeness (QED) is 0.856. The smallest absolute Gasteiger partial charge is 0.0938 e. The fourth-order valence-corrected chi connectivity index (χ4v) is 2.67. The third-order valence-electron chi connectivity index (χ3n) is 2.08. The highest BCUT2D eigenvalue weighted by Crippen LogP contribution is 2.34. The normalized spacial score (nSPS) is 10.6. The molecule has 0 spiro atoms. The molecule has 0 saturated heterocycles. The number of benzene rings is 1. The van der Waals surface area contributed by atoms with Crippen LogP contribution in [0.15, 0.2) is 30.3 Å². The van der Waals surface area contributed by atoms with Gasteiger partial charge >= 0.3 is 0 Å². The summed E-state index contributed by atoms with van der Waals surface area (Å²) in [4.78, 5) is 0.877. The summed E-state index contributed by atoms with van der Waals surface area (Å²) in [5.74, 6) is 0. The van der Waals surface area contributed by atoms with Gasteiger partial charge in [-0.15, -0.1) is 11.3 Å². The zero-order valence-corrected chi connectivity index (χ0v) is 10.0. The topological polar surface area (TPSA) is 20.2 Å². The Labute approximate surface area is 102 Å². The first-order valence-corrected chi connectivity index (χ1v) is 5.93. The minimum atomic E-state index is 0.00927. The number of aliphatic hydroxyl groups excluding tert-OH is 1. The average Bonchev–Trinajstić information content (AvgIpc) is 2.61. The van der Waals surface area contributed by atoms with Gasteiger partial charge in [0.2, 0.25) is 0 Å². The molecule has 0 amide bonds. The summed E-state index contributed by atoms with van der Waals surface area (Å²) in [5.41, 5.74) is 2.00. The predicted octanol–water partition coefficient (Wildman–Crippen LogP) is 4.21. The van der Waals surface area contributed by atoms with Gasteiger partial charge < -0.3 is 5.11 Å². The van der Waals surface area contributed by atoms with Crippen molar-refractivity contribution in [2.45, 2.75) is 6.61 Å². The molecule has 2 rings (SSSR count). The van der Waals surface area contributed by atoms with Crippen LogP contribution in [-0.2, 0) is 6.61 Å². The molecule has 1 aromatic heterocycles. The van der Waals surface area contributed by atoms with Crippen LogP contribution in [0.4, 0.5) is 0 Å². The van der Waals surface area contributed by atoms with Crippen LogP contribution in [0.2, 0.25) is 9.36 Å². The standard InChI is InChI=1S/C11H8Cl2OS/c12-8-3-1-7(2-4-8)9-5-11(13)15-10(9)6-14/h1-5,14H,6H2. The van der Waals surface area contributed by atoms with E-state index in [1.807, 2.05) is 30.3 Å². The van der Waals surface area contributed by atoms with E-state index in [2.05, 4.69) is 0 Å². The summed E-state index contributed by atoms with van der Waals surface area (Å²) >= 11 is 13.1. The Balaban J connectivity index is 2.48. The van der Waals surface area contributed by atoms with Crippen LogP contribution in [0.25, 0.3) is 11.1 Å². The van der Waals surface area contributed by atoms with Crippen LogP contribution < -0.4 is 0 Å². The summed E-state index contributed by atoms with van der Waals surface area (Å²) in [6, 6.07) is 9.34. The molecule has 0 aliphatic rings. The lowest BCUT2D eigenvalue weighted by Crippen LogP contribution is -1.81. The van der Waals surface area contributed by atoms with Crippen molar-refractivity contribution in [3.8, 4) is 11.1 Å². The largest absolute Gasteiger partial charge is 0.391 e. The average molecular weight is 259 g/mol. The molecule has 0 fully saturated rings. The summed E-state index contributed by atoms with van der Waals surface area (Å²) in [5, 5.41) is 9.87. The second kappa shape index (κ2) is 4.54. The number of rotatable bonds is 2. The fourth-order valence-electron chi connectivity index (χ4n) is 1.39. The van der Waals surface area contributed by atoms with Crippen molar-refractivity contribution in [2.24, 2.45) is 0 Å². The van der Waals surface area contributed by atoms with E-state index in [-0.39, 0.29) is 6.61 Å². The monoisotopic (exact) mass is 258 g/mol. The third kappa shape index (κ3) is 2.34. The summed E-state index contributed by atoms with van der Waals surface area (Å²) in [6.07, 6.45) is 0. The minimum absolute atomic E-state index is 0.00927. The molecule has 1 aromatic carbocycles. The minimum Gasteiger partial charge on any atom is -0.391 e. The van der Waals surface area contributed by atoms with Crippen LogP contribution in [0.5, 0.6) is 0 Å². The van der Waals surface area contributed by atoms with Gasteiger partial charge in [0.15, 0.2) is 0 Å². The van der Waals surface area contributed by atoms with Crippen LogP contribution >= 0.6 is 34.5 Å². The maximum Gasteiger partial charge on any atom is 0.0938 e. The van der Waals surface area contributed by atoms with Gasteiger partial charge in [-0.05, 0) is 29.3 Å². The molecule has 4 heteroatoms. The molecular formula is C11H8Cl2OS. The van der Waals surface area contributed by atoms with Crippen molar-refractivity contribution >= 4 is 34.5 Å². The highest BCUT2D eigenvalue weighted by molar-refractivity contribution is 7.16. The van der Waals surface area contributed by atoms with E-state index in [4.69, 9.17) is 23.2 Å². The molecule has 0 bridgehead atoms. The number of hydrogen-bond donors (Lipinski definition) is 1. The van der Waals surface area contributed by atoms with Crippen LogP contribution in [0.1, 0.15) is 4.88 Å². The van der Waals surface area contributed by atoms with Gasteiger partial charge in [0.1, 0.15) is 0 Å². The Kier molecular flexibility index (Phi) is 3.32. The molecule has 0 saturated carbocycles. The van der Waals surface area contributed by atoms with E-state index in [0.29, 0.717) is 9.36 Å². The lowest BCUT2D eigenvalue weighted by molar-refractivity contribution is 0.286. The zero-order chi connectivity index (χ0) is 10.8. The number of thiophene rings is 1. The molecule has 15 heavy (non-hydrogen) atoms. The number of aliphatic hydroxyl groups is 1. The Bertz CT molecular complexity index is 462. The molecule has 1 heterocycles. The maximum absolute atomic E-state index is 9.17. The summed E-state index contributed by atoms with van der Waals surface area (Å²) in [7, 11) is 0. The maximum atomic E-state index is 9.17. The number of hydrogen-bond acceptors (Lipinski definition) is 2. The Morgan fingerprint density at radius 3 is 2.40 bits per heavy atom. The van der Waals surface area contributed by atoms with Gasteiger partial charge in [-0.3, -0.25) is 0 Å². The Hall–Kier alpha value is -0.540. The fraction of sp³-hybridized carbons (Fsp3) is 0.0909. The Morgan fingerprint density at radius 2 is 1.80 bits per heavy atom. The van der Waals surface area contributed by atoms with Gasteiger partial charge in [0.05, 0.1) is 10.9 Å². The van der Waals surface area contributed by atoms with Crippen molar-refractivity contribution in [3.05, 3.63) is 44.6 Å². The van der Waals surface area contributed by atoms with Crippen LogP contribution in [0, 0.1) is 0 Å². The van der Waals surface area contributed by atoms with Crippen molar-refractivity contribution in [2.75, 3.05) is 0 Å². The highest BCUT2D eigenvalue weighted by atomic mass is 35.5. The number of halogens is 2.